The lowest BCUT2D eigenvalue weighted by atomic mass is 9.91. The van der Waals surface area contributed by atoms with Crippen molar-refractivity contribution < 1.29 is 4.79 Å². The number of piperidine rings is 1. The molecule has 1 amide bonds. The average Bonchev–Trinajstić information content (AvgIpc) is 3.28. The summed E-state index contributed by atoms with van der Waals surface area (Å²) in [5.74, 6) is 1.61. The molecule has 1 atom stereocenters. The summed E-state index contributed by atoms with van der Waals surface area (Å²) in [5.41, 5.74) is 0.331. The van der Waals surface area contributed by atoms with Crippen molar-refractivity contribution >= 4 is 48.1 Å². The summed E-state index contributed by atoms with van der Waals surface area (Å²) in [6.45, 7) is 5.44. The van der Waals surface area contributed by atoms with Gasteiger partial charge in [0.15, 0.2) is 0 Å². The van der Waals surface area contributed by atoms with E-state index in [1.165, 1.54) is 0 Å². The topological polar surface area (TPSA) is 48.5 Å². The molecule has 3 heterocycles. The van der Waals surface area contributed by atoms with Crippen molar-refractivity contribution in [1.29, 1.82) is 0 Å². The number of carbonyl (C=O) groups is 1. The van der Waals surface area contributed by atoms with Gasteiger partial charge in [0.05, 0.1) is 5.02 Å². The van der Waals surface area contributed by atoms with Gasteiger partial charge in [-0.25, -0.2) is 4.98 Å². The Morgan fingerprint density at radius 3 is 2.44 bits per heavy atom. The molecule has 0 radical (unpaired) electrons. The zero-order valence-electron chi connectivity index (χ0n) is 14.1. The third-order valence-corrected chi connectivity index (χ3v) is 5.94. The number of halogens is 3. The fourth-order valence-corrected chi connectivity index (χ4v) is 4.22. The number of piperazine rings is 1. The van der Waals surface area contributed by atoms with Gasteiger partial charge in [-0.2, -0.15) is 0 Å². The number of nitrogens with one attached hydrogen (secondary N) is 1. The van der Waals surface area contributed by atoms with Crippen LogP contribution in [0.5, 0.6) is 0 Å². The predicted octanol–water partition coefficient (Wildman–Crippen LogP) is 2.62. The summed E-state index contributed by atoms with van der Waals surface area (Å²) in [6.07, 6.45) is 5.11. The highest BCUT2D eigenvalue weighted by Gasteiger charge is 2.58. The predicted molar refractivity (Wildman–Crippen MR) is 105 cm³/mol. The molecule has 140 valence electrons. The minimum absolute atomic E-state index is 0. The normalized spacial score (nSPS) is 24.3. The number of anilines is 1. The Kier molecular flexibility index (Phi) is 6.82. The lowest BCUT2D eigenvalue weighted by Gasteiger charge is -2.36. The first kappa shape index (κ1) is 20.6. The van der Waals surface area contributed by atoms with Gasteiger partial charge in [-0.15, -0.1) is 24.8 Å². The van der Waals surface area contributed by atoms with Gasteiger partial charge in [0, 0.05) is 38.3 Å². The van der Waals surface area contributed by atoms with Crippen molar-refractivity contribution in [2.24, 2.45) is 11.3 Å². The molecule has 5 nitrogen and oxygen atoms in total. The molecule has 0 bridgehead atoms. The summed E-state index contributed by atoms with van der Waals surface area (Å²) < 4.78 is 0. The van der Waals surface area contributed by atoms with Crippen LogP contribution in [-0.4, -0.2) is 55.1 Å². The zero-order valence-corrected chi connectivity index (χ0v) is 16.5. The number of pyridine rings is 1. The second-order valence-electron chi connectivity index (χ2n) is 7.02. The maximum atomic E-state index is 12.8. The van der Waals surface area contributed by atoms with Crippen LogP contribution in [0.15, 0.2) is 18.3 Å². The summed E-state index contributed by atoms with van der Waals surface area (Å²) in [7, 11) is 0. The highest BCUT2D eigenvalue weighted by molar-refractivity contribution is 6.30. The van der Waals surface area contributed by atoms with Crippen LogP contribution in [0.25, 0.3) is 0 Å². The highest BCUT2D eigenvalue weighted by Crippen LogP contribution is 2.59. The molecule has 1 N–H and O–H groups in total. The minimum Gasteiger partial charge on any atom is -0.353 e. The third kappa shape index (κ3) is 4.16. The van der Waals surface area contributed by atoms with Crippen LogP contribution in [0.4, 0.5) is 5.82 Å². The molecule has 3 fully saturated rings. The maximum absolute atomic E-state index is 12.8. The van der Waals surface area contributed by atoms with Crippen LogP contribution in [0, 0.1) is 11.3 Å². The number of hydrogen-bond donors (Lipinski definition) is 1. The number of hydrogen-bond acceptors (Lipinski definition) is 4. The quantitative estimate of drug-likeness (QED) is 0.819. The van der Waals surface area contributed by atoms with Crippen molar-refractivity contribution in [3.8, 4) is 0 Å². The van der Waals surface area contributed by atoms with Crippen molar-refractivity contribution in [2.45, 2.75) is 19.3 Å². The molecule has 0 aromatic carbocycles. The van der Waals surface area contributed by atoms with Crippen LogP contribution in [0.2, 0.25) is 5.02 Å². The first-order valence-corrected chi connectivity index (χ1v) is 8.92. The van der Waals surface area contributed by atoms with Gasteiger partial charge < -0.3 is 15.1 Å². The molecule has 1 aliphatic carbocycles. The number of rotatable bonds is 2. The van der Waals surface area contributed by atoms with Gasteiger partial charge in [0.1, 0.15) is 5.82 Å². The molecule has 25 heavy (non-hydrogen) atoms. The van der Waals surface area contributed by atoms with Crippen LogP contribution >= 0.6 is 36.4 Å². The van der Waals surface area contributed by atoms with Crippen molar-refractivity contribution in [3.63, 3.8) is 0 Å². The largest absolute Gasteiger partial charge is 0.353 e. The van der Waals surface area contributed by atoms with E-state index in [1.807, 2.05) is 12.1 Å². The van der Waals surface area contributed by atoms with Crippen molar-refractivity contribution in [2.75, 3.05) is 44.2 Å². The highest BCUT2D eigenvalue weighted by atomic mass is 35.5. The van der Waals surface area contributed by atoms with Crippen LogP contribution in [0.1, 0.15) is 19.3 Å². The Hall–Kier alpha value is -0.750. The Balaban J connectivity index is 0.00000113. The Labute approximate surface area is 166 Å². The average molecular weight is 408 g/mol. The van der Waals surface area contributed by atoms with E-state index in [1.54, 1.807) is 6.20 Å². The first-order valence-electron chi connectivity index (χ1n) is 8.54. The van der Waals surface area contributed by atoms with Gasteiger partial charge in [0.2, 0.25) is 5.91 Å². The van der Waals surface area contributed by atoms with E-state index in [-0.39, 0.29) is 30.7 Å². The monoisotopic (exact) mass is 406 g/mol. The molecule has 1 unspecified atom stereocenters. The number of nitrogens with zero attached hydrogens (tertiary/aromatic N) is 3. The summed E-state index contributed by atoms with van der Waals surface area (Å²) in [4.78, 5) is 21.4. The van der Waals surface area contributed by atoms with E-state index in [4.69, 9.17) is 11.6 Å². The summed E-state index contributed by atoms with van der Waals surface area (Å²) >= 11 is 5.89. The van der Waals surface area contributed by atoms with E-state index in [0.29, 0.717) is 16.3 Å². The second-order valence-corrected chi connectivity index (χ2v) is 7.45. The van der Waals surface area contributed by atoms with Crippen LogP contribution < -0.4 is 10.2 Å². The van der Waals surface area contributed by atoms with E-state index < -0.39 is 0 Å². The zero-order chi connectivity index (χ0) is 15.9. The van der Waals surface area contributed by atoms with Gasteiger partial charge in [-0.3, -0.25) is 4.79 Å². The number of amides is 1. The molecule has 1 saturated carbocycles. The first-order chi connectivity index (χ1) is 11.2. The number of carbonyl (C=O) groups excluding carboxylic acids is 1. The molecule has 1 spiro atoms. The van der Waals surface area contributed by atoms with Gasteiger partial charge in [0.25, 0.3) is 0 Å². The van der Waals surface area contributed by atoms with E-state index in [0.717, 1.165) is 64.3 Å². The van der Waals surface area contributed by atoms with Crippen LogP contribution in [-0.2, 0) is 4.79 Å². The molecule has 1 aromatic heterocycles. The molecule has 3 aliphatic rings. The molecule has 2 aliphatic heterocycles. The van der Waals surface area contributed by atoms with E-state index in [2.05, 4.69) is 20.1 Å². The van der Waals surface area contributed by atoms with E-state index >= 15 is 0 Å². The fourth-order valence-electron chi connectivity index (χ4n) is 4.11. The molecule has 4 rings (SSSR count). The smallest absolute Gasteiger partial charge is 0.226 e. The lowest BCUT2D eigenvalue weighted by Crippen LogP contribution is -2.50. The lowest BCUT2D eigenvalue weighted by molar-refractivity contribution is -0.133. The molecule has 8 heteroatoms. The standard InChI is InChI=1S/C17H23ClN4O.2ClH/c18-13-1-2-15(20-12-13)21-7-9-22(10-8-21)16(23)14-11-17(14)3-5-19-6-4-17;;/h1-2,12,14,19H,3-11H2;2*1H. The van der Waals surface area contributed by atoms with Gasteiger partial charge in [-0.05, 0) is 49.9 Å². The number of aromatic nitrogens is 1. The Bertz CT molecular complexity index is 584. The third-order valence-electron chi connectivity index (χ3n) is 5.71. The van der Waals surface area contributed by atoms with Gasteiger partial charge in [-0.1, -0.05) is 11.6 Å². The van der Waals surface area contributed by atoms with Gasteiger partial charge >= 0.3 is 0 Å². The maximum Gasteiger partial charge on any atom is 0.226 e. The second kappa shape index (κ2) is 8.30. The summed E-state index contributed by atoms with van der Waals surface area (Å²) in [6, 6.07) is 3.82. The SMILES string of the molecule is Cl.Cl.O=C(C1CC12CCNCC2)N1CCN(c2ccc(Cl)cn2)CC1. The Morgan fingerprint density at radius 1 is 1.16 bits per heavy atom. The Morgan fingerprint density at radius 2 is 1.84 bits per heavy atom. The fraction of sp³-hybridized carbons (Fsp3) is 0.647. The molecule has 2 saturated heterocycles. The molecule has 1 aromatic rings. The summed E-state index contributed by atoms with van der Waals surface area (Å²) in [5, 5.41) is 4.06. The van der Waals surface area contributed by atoms with E-state index in [9.17, 15) is 4.79 Å². The van der Waals surface area contributed by atoms with Crippen LogP contribution in [0.3, 0.4) is 0 Å². The molecular weight excluding hydrogens is 383 g/mol. The van der Waals surface area contributed by atoms with Crippen molar-refractivity contribution in [1.82, 2.24) is 15.2 Å². The molecular formula is C17H25Cl3N4O. The minimum atomic E-state index is 0. The van der Waals surface area contributed by atoms with Crippen molar-refractivity contribution in [3.05, 3.63) is 23.4 Å².